The number of ether oxygens (including phenoxy) is 1. The normalized spacial score (nSPS) is 15.5. The maximum atomic E-state index is 13.3. The molecule has 1 aliphatic rings. The highest BCUT2D eigenvalue weighted by molar-refractivity contribution is 6.07. The topological polar surface area (TPSA) is 75.7 Å². The van der Waals surface area contributed by atoms with E-state index in [1.165, 1.54) is 17.0 Å². The van der Waals surface area contributed by atoms with Gasteiger partial charge in [0.1, 0.15) is 12.3 Å². The van der Waals surface area contributed by atoms with Crippen molar-refractivity contribution in [3.8, 4) is 5.75 Å². The molecule has 0 saturated carbocycles. The van der Waals surface area contributed by atoms with Gasteiger partial charge in [-0.3, -0.25) is 19.3 Å². The van der Waals surface area contributed by atoms with Crippen LogP contribution in [-0.2, 0) is 9.59 Å². The molecular weight excluding hydrogens is 382 g/mol. The van der Waals surface area contributed by atoms with Crippen molar-refractivity contribution < 1.29 is 27.9 Å². The molecule has 0 saturated heterocycles. The van der Waals surface area contributed by atoms with Gasteiger partial charge in [0.25, 0.3) is 5.91 Å². The molecule has 2 amide bonds. The number of carbonyl (C=O) groups excluding carboxylic acids is 3. The number of ketones is 1. The zero-order chi connectivity index (χ0) is 21.1. The zero-order valence-corrected chi connectivity index (χ0v) is 16.0. The van der Waals surface area contributed by atoms with Crippen molar-refractivity contribution in [2.75, 3.05) is 16.8 Å². The quantitative estimate of drug-likeness (QED) is 0.748. The first-order chi connectivity index (χ1) is 13.8. The van der Waals surface area contributed by atoms with E-state index in [4.69, 9.17) is 4.74 Å². The van der Waals surface area contributed by atoms with E-state index in [9.17, 15) is 23.2 Å². The second-order valence-electron chi connectivity index (χ2n) is 6.72. The number of hydrogen-bond acceptors (Lipinski definition) is 4. The van der Waals surface area contributed by atoms with Gasteiger partial charge in [0.2, 0.25) is 5.91 Å². The molecule has 0 bridgehead atoms. The van der Waals surface area contributed by atoms with E-state index < -0.39 is 29.6 Å². The predicted molar refractivity (Wildman–Crippen MR) is 103 cm³/mol. The van der Waals surface area contributed by atoms with E-state index in [-0.39, 0.29) is 18.0 Å². The minimum atomic E-state index is -1.09. The molecular formula is C21H20F2N2O4. The lowest BCUT2D eigenvalue weighted by molar-refractivity contribution is -0.127. The van der Waals surface area contributed by atoms with Gasteiger partial charge in [-0.15, -0.1) is 0 Å². The molecule has 0 radical (unpaired) electrons. The lowest BCUT2D eigenvalue weighted by Gasteiger charge is -2.32. The third-order valence-corrected chi connectivity index (χ3v) is 4.47. The van der Waals surface area contributed by atoms with Crippen LogP contribution in [0.4, 0.5) is 20.2 Å². The van der Waals surface area contributed by atoms with E-state index in [2.05, 4.69) is 5.32 Å². The summed E-state index contributed by atoms with van der Waals surface area (Å²) in [5.41, 5.74) is 0.799. The molecule has 2 aromatic rings. The van der Waals surface area contributed by atoms with Gasteiger partial charge in [-0.25, -0.2) is 8.78 Å². The summed E-state index contributed by atoms with van der Waals surface area (Å²) in [6.45, 7) is 3.07. The molecule has 29 heavy (non-hydrogen) atoms. The lowest BCUT2D eigenvalue weighted by Crippen LogP contribution is -2.47. The second kappa shape index (κ2) is 8.38. The number of benzene rings is 2. The van der Waals surface area contributed by atoms with Gasteiger partial charge in [0.15, 0.2) is 23.5 Å². The van der Waals surface area contributed by atoms with E-state index in [1.807, 2.05) is 6.92 Å². The van der Waals surface area contributed by atoms with Crippen LogP contribution in [0.1, 0.15) is 37.0 Å². The van der Waals surface area contributed by atoms with Crippen molar-refractivity contribution in [2.45, 2.75) is 32.8 Å². The first kappa shape index (κ1) is 20.4. The maximum Gasteiger partial charge on any atom is 0.268 e. The van der Waals surface area contributed by atoms with Gasteiger partial charge in [-0.2, -0.15) is 0 Å². The van der Waals surface area contributed by atoms with Crippen LogP contribution in [0.5, 0.6) is 5.75 Å². The van der Waals surface area contributed by atoms with Crippen LogP contribution in [-0.4, -0.2) is 30.2 Å². The Labute approximate surface area is 166 Å². The molecule has 1 heterocycles. The molecule has 0 fully saturated rings. The number of nitrogens with one attached hydrogen (secondary N) is 1. The minimum Gasteiger partial charge on any atom is -0.479 e. The molecule has 1 N–H and O–H groups in total. The van der Waals surface area contributed by atoms with E-state index in [0.29, 0.717) is 29.8 Å². The molecule has 1 aliphatic heterocycles. The number of rotatable bonds is 6. The zero-order valence-electron chi connectivity index (χ0n) is 16.0. The van der Waals surface area contributed by atoms with Crippen molar-refractivity contribution in [2.24, 2.45) is 0 Å². The minimum absolute atomic E-state index is 0.0646. The first-order valence-electron chi connectivity index (χ1n) is 9.20. The highest BCUT2D eigenvalue weighted by Gasteiger charge is 2.33. The number of fused-ring (bicyclic) bond motifs is 1. The van der Waals surface area contributed by atoms with E-state index in [0.717, 1.165) is 12.1 Å². The van der Waals surface area contributed by atoms with Crippen molar-refractivity contribution in [3.63, 3.8) is 0 Å². The number of amides is 2. The Morgan fingerprint density at radius 1 is 1.14 bits per heavy atom. The maximum absolute atomic E-state index is 13.3. The predicted octanol–water partition coefficient (Wildman–Crippen LogP) is 3.70. The van der Waals surface area contributed by atoms with Gasteiger partial charge < -0.3 is 10.1 Å². The van der Waals surface area contributed by atoms with Gasteiger partial charge in [-0.1, -0.05) is 6.92 Å². The van der Waals surface area contributed by atoms with Crippen LogP contribution in [0.15, 0.2) is 36.4 Å². The average molecular weight is 402 g/mol. The standard InChI is InChI=1S/C21H20F2N2O4/c1-3-4-18(26)13-5-8-19-17(9-13)25(21(28)12(2)29-19)11-20(27)24-14-6-7-15(22)16(23)10-14/h5-10,12H,3-4,11H2,1-2H3,(H,24,27). The lowest BCUT2D eigenvalue weighted by atomic mass is 10.0. The fraction of sp³-hybridized carbons (Fsp3) is 0.286. The summed E-state index contributed by atoms with van der Waals surface area (Å²) in [6, 6.07) is 7.72. The van der Waals surface area contributed by atoms with Crippen LogP contribution in [0.25, 0.3) is 0 Å². The van der Waals surface area contributed by atoms with Crippen molar-refractivity contribution in [1.82, 2.24) is 0 Å². The van der Waals surface area contributed by atoms with Crippen LogP contribution in [0, 0.1) is 11.6 Å². The van der Waals surface area contributed by atoms with Crippen LogP contribution < -0.4 is 15.0 Å². The Morgan fingerprint density at radius 3 is 2.59 bits per heavy atom. The van der Waals surface area contributed by atoms with Crippen molar-refractivity contribution in [1.29, 1.82) is 0 Å². The summed E-state index contributed by atoms with van der Waals surface area (Å²) in [5, 5.41) is 2.43. The van der Waals surface area contributed by atoms with Crippen LogP contribution in [0.2, 0.25) is 0 Å². The summed E-state index contributed by atoms with van der Waals surface area (Å²) in [6.07, 6.45) is 0.236. The smallest absolute Gasteiger partial charge is 0.268 e. The second-order valence-corrected chi connectivity index (χ2v) is 6.72. The van der Waals surface area contributed by atoms with Gasteiger partial charge in [0, 0.05) is 23.7 Å². The van der Waals surface area contributed by atoms with Gasteiger partial charge in [-0.05, 0) is 43.7 Å². The Morgan fingerprint density at radius 2 is 1.90 bits per heavy atom. The number of nitrogens with zero attached hydrogens (tertiary/aromatic N) is 1. The molecule has 0 aliphatic carbocycles. The molecule has 8 heteroatoms. The Hall–Kier alpha value is -3.29. The van der Waals surface area contributed by atoms with E-state index in [1.54, 1.807) is 19.1 Å². The highest BCUT2D eigenvalue weighted by Crippen LogP contribution is 2.35. The number of carbonyl (C=O) groups is 3. The fourth-order valence-electron chi connectivity index (χ4n) is 3.03. The van der Waals surface area contributed by atoms with Crippen molar-refractivity contribution in [3.05, 3.63) is 53.6 Å². The number of hydrogen-bond donors (Lipinski definition) is 1. The first-order valence-corrected chi connectivity index (χ1v) is 9.20. The molecule has 3 rings (SSSR count). The third kappa shape index (κ3) is 4.42. The summed E-state index contributed by atoms with van der Waals surface area (Å²) in [7, 11) is 0. The summed E-state index contributed by atoms with van der Waals surface area (Å²) >= 11 is 0. The van der Waals surface area contributed by atoms with Crippen LogP contribution >= 0.6 is 0 Å². The Balaban J connectivity index is 1.85. The highest BCUT2D eigenvalue weighted by atomic mass is 19.2. The van der Waals surface area contributed by atoms with Gasteiger partial charge in [0.05, 0.1) is 5.69 Å². The van der Waals surface area contributed by atoms with E-state index >= 15 is 0 Å². The molecule has 152 valence electrons. The summed E-state index contributed by atoms with van der Waals surface area (Å²) < 4.78 is 32.0. The monoisotopic (exact) mass is 402 g/mol. The Bertz CT molecular complexity index is 977. The number of anilines is 2. The Kier molecular flexibility index (Phi) is 5.91. The fourth-order valence-corrected chi connectivity index (χ4v) is 3.03. The van der Waals surface area contributed by atoms with Crippen molar-refractivity contribution >= 4 is 29.0 Å². The van der Waals surface area contributed by atoms with Gasteiger partial charge >= 0.3 is 0 Å². The summed E-state index contributed by atoms with van der Waals surface area (Å²) in [5.74, 6) is -2.87. The molecule has 2 aromatic carbocycles. The average Bonchev–Trinajstić information content (AvgIpc) is 2.68. The molecule has 0 spiro atoms. The molecule has 6 nitrogen and oxygen atoms in total. The number of halogens is 2. The number of Topliss-reactive ketones (excluding diaryl/α,β-unsaturated/α-hetero) is 1. The third-order valence-electron chi connectivity index (χ3n) is 4.47. The molecule has 0 aromatic heterocycles. The molecule has 1 atom stereocenters. The largest absolute Gasteiger partial charge is 0.479 e. The summed E-state index contributed by atoms with van der Waals surface area (Å²) in [4.78, 5) is 38.5. The SMILES string of the molecule is CCCC(=O)c1ccc2c(c1)N(CC(=O)Nc1ccc(F)c(F)c1)C(=O)C(C)O2. The molecule has 1 unspecified atom stereocenters. The van der Waals surface area contributed by atoms with Crippen LogP contribution in [0.3, 0.4) is 0 Å².